The van der Waals surface area contributed by atoms with Crippen LogP contribution in [0.15, 0.2) is 0 Å². The average molecular weight is 214 g/mol. The Balaban J connectivity index is 3.56. The summed E-state index contributed by atoms with van der Waals surface area (Å²) in [7, 11) is 0. The van der Waals surface area contributed by atoms with Crippen molar-refractivity contribution in [2.75, 3.05) is 32.7 Å². The predicted octanol–water partition coefficient (Wildman–Crippen LogP) is 2.60. The summed E-state index contributed by atoms with van der Waals surface area (Å²) in [6.07, 6.45) is 1.26. The van der Waals surface area contributed by atoms with Crippen LogP contribution in [0.25, 0.3) is 0 Å². The zero-order chi connectivity index (χ0) is 11.7. The highest BCUT2D eigenvalue weighted by Gasteiger charge is 2.07. The molecular weight excluding hydrogens is 184 g/mol. The van der Waals surface area contributed by atoms with Gasteiger partial charge in [0.1, 0.15) is 0 Å². The van der Waals surface area contributed by atoms with Crippen molar-refractivity contribution in [3.8, 4) is 0 Å². The lowest BCUT2D eigenvalue weighted by atomic mass is 10.1. The highest BCUT2D eigenvalue weighted by molar-refractivity contribution is 4.64. The van der Waals surface area contributed by atoms with Crippen molar-refractivity contribution in [2.45, 2.75) is 41.0 Å². The molecule has 0 aliphatic heterocycles. The van der Waals surface area contributed by atoms with Crippen LogP contribution in [0.4, 0.5) is 0 Å². The van der Waals surface area contributed by atoms with E-state index in [1.165, 1.54) is 26.1 Å². The fourth-order valence-corrected chi connectivity index (χ4v) is 1.82. The van der Waals surface area contributed by atoms with Gasteiger partial charge < -0.3 is 10.2 Å². The summed E-state index contributed by atoms with van der Waals surface area (Å²) in [4.78, 5) is 2.54. The first-order chi connectivity index (χ1) is 7.10. The third-order valence-electron chi connectivity index (χ3n) is 2.60. The van der Waals surface area contributed by atoms with Gasteiger partial charge in [-0.2, -0.15) is 0 Å². The Kier molecular flexibility index (Phi) is 9.12. The number of nitrogens with zero attached hydrogens (tertiary/aromatic N) is 1. The van der Waals surface area contributed by atoms with Crippen LogP contribution >= 0.6 is 0 Å². The normalized spacial score (nSPS) is 13.8. The van der Waals surface area contributed by atoms with Gasteiger partial charge in [-0.3, -0.25) is 0 Å². The first-order valence-corrected chi connectivity index (χ1v) is 6.53. The van der Waals surface area contributed by atoms with Crippen molar-refractivity contribution in [3.05, 3.63) is 0 Å². The van der Waals surface area contributed by atoms with Crippen molar-refractivity contribution in [2.24, 2.45) is 11.8 Å². The molecule has 0 fully saturated rings. The topological polar surface area (TPSA) is 15.3 Å². The standard InChI is InChI=1S/C13H30N2/c1-6-8-15(7-2)11-13(5)10-14-9-12(3)4/h12-14H,6-11H2,1-5H3. The first kappa shape index (κ1) is 14.9. The second kappa shape index (κ2) is 9.17. The third kappa shape index (κ3) is 8.88. The minimum Gasteiger partial charge on any atom is -0.316 e. The van der Waals surface area contributed by atoms with Crippen LogP contribution in [-0.4, -0.2) is 37.6 Å². The van der Waals surface area contributed by atoms with Gasteiger partial charge >= 0.3 is 0 Å². The molecule has 0 aromatic carbocycles. The van der Waals surface area contributed by atoms with E-state index in [1.807, 2.05) is 0 Å². The molecule has 0 heterocycles. The van der Waals surface area contributed by atoms with Crippen molar-refractivity contribution in [1.29, 1.82) is 0 Å². The summed E-state index contributed by atoms with van der Waals surface area (Å²) in [6.45, 7) is 17.3. The lowest BCUT2D eigenvalue weighted by Crippen LogP contribution is -2.34. The van der Waals surface area contributed by atoms with Gasteiger partial charge in [0, 0.05) is 6.54 Å². The summed E-state index contributed by atoms with van der Waals surface area (Å²) in [5.41, 5.74) is 0. The first-order valence-electron chi connectivity index (χ1n) is 6.53. The minimum atomic E-state index is 0.759. The van der Waals surface area contributed by atoms with Crippen LogP contribution in [0.5, 0.6) is 0 Å². The lowest BCUT2D eigenvalue weighted by Gasteiger charge is -2.24. The molecule has 0 aromatic heterocycles. The monoisotopic (exact) mass is 214 g/mol. The van der Waals surface area contributed by atoms with Crippen molar-refractivity contribution < 1.29 is 0 Å². The molecule has 1 atom stereocenters. The maximum Gasteiger partial charge on any atom is 0.00190 e. The fourth-order valence-electron chi connectivity index (χ4n) is 1.82. The smallest absolute Gasteiger partial charge is 0.00190 e. The number of hydrogen-bond acceptors (Lipinski definition) is 2. The van der Waals surface area contributed by atoms with Gasteiger partial charge in [0.05, 0.1) is 0 Å². The van der Waals surface area contributed by atoms with Crippen LogP contribution in [0.3, 0.4) is 0 Å². The molecule has 92 valence electrons. The predicted molar refractivity (Wildman–Crippen MR) is 69.3 cm³/mol. The van der Waals surface area contributed by atoms with Crippen LogP contribution in [-0.2, 0) is 0 Å². The summed E-state index contributed by atoms with van der Waals surface area (Å²) in [5.74, 6) is 1.52. The molecule has 0 amide bonds. The van der Waals surface area contributed by atoms with Gasteiger partial charge in [-0.15, -0.1) is 0 Å². The SMILES string of the molecule is CCCN(CC)CC(C)CNCC(C)C. The molecule has 15 heavy (non-hydrogen) atoms. The Morgan fingerprint density at radius 1 is 1.07 bits per heavy atom. The van der Waals surface area contributed by atoms with E-state index in [0.717, 1.165) is 24.9 Å². The van der Waals surface area contributed by atoms with Crippen molar-refractivity contribution in [3.63, 3.8) is 0 Å². The molecule has 0 bridgehead atoms. The molecule has 0 saturated carbocycles. The van der Waals surface area contributed by atoms with Crippen molar-refractivity contribution >= 4 is 0 Å². The zero-order valence-electron chi connectivity index (χ0n) is 11.3. The summed E-state index contributed by atoms with van der Waals surface area (Å²) < 4.78 is 0. The maximum atomic E-state index is 3.53. The number of hydrogen-bond donors (Lipinski definition) is 1. The van der Waals surface area contributed by atoms with Crippen LogP contribution < -0.4 is 5.32 Å². The highest BCUT2D eigenvalue weighted by Crippen LogP contribution is 2.00. The Morgan fingerprint density at radius 2 is 1.73 bits per heavy atom. The Hall–Kier alpha value is -0.0800. The summed E-state index contributed by atoms with van der Waals surface area (Å²) in [6, 6.07) is 0. The van der Waals surface area contributed by atoms with Gasteiger partial charge in [0.2, 0.25) is 0 Å². The second-order valence-corrected chi connectivity index (χ2v) is 5.05. The van der Waals surface area contributed by atoms with E-state index in [-0.39, 0.29) is 0 Å². The molecule has 1 N–H and O–H groups in total. The van der Waals surface area contributed by atoms with E-state index < -0.39 is 0 Å². The quantitative estimate of drug-likeness (QED) is 0.635. The van der Waals surface area contributed by atoms with Crippen LogP contribution in [0, 0.1) is 11.8 Å². The Bertz CT molecular complexity index is 134. The molecule has 2 nitrogen and oxygen atoms in total. The van der Waals surface area contributed by atoms with E-state index in [9.17, 15) is 0 Å². The second-order valence-electron chi connectivity index (χ2n) is 5.05. The van der Waals surface area contributed by atoms with Gasteiger partial charge in [0.25, 0.3) is 0 Å². The maximum absolute atomic E-state index is 3.53. The third-order valence-corrected chi connectivity index (χ3v) is 2.60. The molecule has 2 heteroatoms. The average Bonchev–Trinajstić information content (AvgIpc) is 2.16. The van der Waals surface area contributed by atoms with Gasteiger partial charge in [0.15, 0.2) is 0 Å². The van der Waals surface area contributed by atoms with E-state index in [2.05, 4.69) is 44.8 Å². The Labute approximate surface area is 96.4 Å². The van der Waals surface area contributed by atoms with Gasteiger partial charge in [-0.25, -0.2) is 0 Å². The molecular formula is C13H30N2. The summed E-state index contributed by atoms with van der Waals surface area (Å²) >= 11 is 0. The van der Waals surface area contributed by atoms with E-state index in [1.54, 1.807) is 0 Å². The molecule has 0 aliphatic rings. The van der Waals surface area contributed by atoms with Gasteiger partial charge in [-0.05, 0) is 44.4 Å². The van der Waals surface area contributed by atoms with Crippen LogP contribution in [0.1, 0.15) is 41.0 Å². The van der Waals surface area contributed by atoms with Crippen LogP contribution in [0.2, 0.25) is 0 Å². The minimum absolute atomic E-state index is 0.759. The molecule has 0 spiro atoms. The lowest BCUT2D eigenvalue weighted by molar-refractivity contribution is 0.245. The van der Waals surface area contributed by atoms with Crippen molar-refractivity contribution in [1.82, 2.24) is 10.2 Å². The number of rotatable bonds is 9. The highest BCUT2D eigenvalue weighted by atomic mass is 15.1. The number of nitrogens with one attached hydrogen (secondary N) is 1. The molecule has 0 aliphatic carbocycles. The van der Waals surface area contributed by atoms with E-state index >= 15 is 0 Å². The zero-order valence-corrected chi connectivity index (χ0v) is 11.3. The Morgan fingerprint density at radius 3 is 2.20 bits per heavy atom. The largest absolute Gasteiger partial charge is 0.316 e. The fraction of sp³-hybridized carbons (Fsp3) is 1.00. The molecule has 0 rings (SSSR count). The molecule has 0 saturated heterocycles. The van der Waals surface area contributed by atoms with Gasteiger partial charge in [-0.1, -0.05) is 34.6 Å². The molecule has 0 radical (unpaired) electrons. The molecule has 0 aromatic rings. The molecule has 1 unspecified atom stereocenters. The summed E-state index contributed by atoms with van der Waals surface area (Å²) in [5, 5.41) is 3.53. The van der Waals surface area contributed by atoms with E-state index in [0.29, 0.717) is 0 Å². The van der Waals surface area contributed by atoms with E-state index in [4.69, 9.17) is 0 Å².